The Morgan fingerprint density at radius 2 is 1.86 bits per heavy atom. The molecule has 0 aliphatic carbocycles. The average molecular weight is 109 g/mol. The van der Waals surface area contributed by atoms with Crippen LogP contribution in [0, 0.1) is 6.92 Å². The third kappa shape index (κ3) is 10.9. The molecular formula is C6H14Na. The topological polar surface area (TPSA) is 0 Å². The van der Waals surface area contributed by atoms with E-state index in [1.54, 1.807) is 0 Å². The van der Waals surface area contributed by atoms with Crippen molar-refractivity contribution >= 4 is 29.6 Å². The van der Waals surface area contributed by atoms with Gasteiger partial charge in [-0.2, -0.15) is 0 Å². The normalized spacial score (nSPS) is 7.71. The molecule has 0 atom stereocenters. The van der Waals surface area contributed by atoms with E-state index in [0.29, 0.717) is 0 Å². The molecule has 0 fully saturated rings. The summed E-state index contributed by atoms with van der Waals surface area (Å²) in [5, 5.41) is 0. The molecule has 0 aliphatic rings. The first-order valence-electron chi connectivity index (χ1n) is 2.71. The zero-order chi connectivity index (χ0) is 4.83. The van der Waals surface area contributed by atoms with Crippen LogP contribution in [0.5, 0.6) is 0 Å². The summed E-state index contributed by atoms with van der Waals surface area (Å²) in [6.07, 6.45) is 5.07. The fourth-order valence-corrected chi connectivity index (χ4v) is 0.427. The Hall–Kier alpha value is 1.00. The van der Waals surface area contributed by atoms with Gasteiger partial charge in [0.05, 0.1) is 0 Å². The van der Waals surface area contributed by atoms with E-state index in [0.717, 1.165) is 6.42 Å². The van der Waals surface area contributed by atoms with Gasteiger partial charge in [-0.05, 0) is 0 Å². The van der Waals surface area contributed by atoms with E-state index in [9.17, 15) is 0 Å². The molecule has 0 nitrogen and oxygen atoms in total. The Labute approximate surface area is 69.0 Å². The molecule has 0 aromatic rings. The SMILES string of the molecule is [CH2]CCCCC.[NaH]. The Balaban J connectivity index is 0. The Bertz CT molecular complexity index is 16.1. The molecular weight excluding hydrogens is 95.1 g/mol. The number of unbranched alkanes of at least 4 members (excludes halogenated alkanes) is 3. The van der Waals surface area contributed by atoms with Crippen LogP contribution in [0.1, 0.15) is 32.6 Å². The van der Waals surface area contributed by atoms with Crippen molar-refractivity contribution in [1.29, 1.82) is 0 Å². The molecule has 0 saturated carbocycles. The van der Waals surface area contributed by atoms with Crippen LogP contribution in [-0.2, 0) is 0 Å². The minimum atomic E-state index is 0. The summed E-state index contributed by atoms with van der Waals surface area (Å²) in [6.45, 7) is 5.93. The standard InChI is InChI=1S/C6H13.Na.H/c1-3-5-6-4-2;;/h1,3-6H2,2H3;;. The summed E-state index contributed by atoms with van der Waals surface area (Å²) in [7, 11) is 0. The van der Waals surface area contributed by atoms with Gasteiger partial charge in [0.15, 0.2) is 0 Å². The summed E-state index contributed by atoms with van der Waals surface area (Å²) in [5.41, 5.74) is 0. The van der Waals surface area contributed by atoms with Crippen molar-refractivity contribution in [3.8, 4) is 0 Å². The molecule has 7 heavy (non-hydrogen) atoms. The van der Waals surface area contributed by atoms with Crippen LogP contribution >= 0.6 is 0 Å². The minimum absolute atomic E-state index is 0. The van der Waals surface area contributed by atoms with Gasteiger partial charge in [0, 0.05) is 0 Å². The molecule has 39 valence electrons. The number of rotatable bonds is 3. The van der Waals surface area contributed by atoms with Crippen molar-refractivity contribution in [2.45, 2.75) is 32.6 Å². The van der Waals surface area contributed by atoms with Crippen LogP contribution < -0.4 is 0 Å². The van der Waals surface area contributed by atoms with Gasteiger partial charge >= 0.3 is 29.6 Å². The summed E-state index contributed by atoms with van der Waals surface area (Å²) in [5.74, 6) is 0. The van der Waals surface area contributed by atoms with Gasteiger partial charge in [0.1, 0.15) is 0 Å². The zero-order valence-corrected chi connectivity index (χ0v) is 4.54. The van der Waals surface area contributed by atoms with Gasteiger partial charge in [0.2, 0.25) is 0 Å². The molecule has 0 bridgehead atoms. The molecule has 0 aromatic carbocycles. The van der Waals surface area contributed by atoms with Gasteiger partial charge < -0.3 is 0 Å². The summed E-state index contributed by atoms with van der Waals surface area (Å²) in [6, 6.07) is 0. The van der Waals surface area contributed by atoms with Crippen LogP contribution in [0.3, 0.4) is 0 Å². The predicted molar refractivity (Wildman–Crippen MR) is 36.6 cm³/mol. The summed E-state index contributed by atoms with van der Waals surface area (Å²) >= 11 is 0. The Morgan fingerprint density at radius 3 is 2.00 bits per heavy atom. The van der Waals surface area contributed by atoms with Crippen LogP contribution in [0.4, 0.5) is 0 Å². The third-order valence-electron chi connectivity index (χ3n) is 0.854. The molecule has 0 aromatic heterocycles. The van der Waals surface area contributed by atoms with Crippen LogP contribution in [0.15, 0.2) is 0 Å². The van der Waals surface area contributed by atoms with E-state index < -0.39 is 0 Å². The second kappa shape index (κ2) is 10.1. The van der Waals surface area contributed by atoms with Crippen molar-refractivity contribution in [2.24, 2.45) is 0 Å². The third-order valence-corrected chi connectivity index (χ3v) is 0.854. The second-order valence-electron chi connectivity index (χ2n) is 1.56. The van der Waals surface area contributed by atoms with E-state index in [4.69, 9.17) is 0 Å². The fraction of sp³-hybridized carbons (Fsp3) is 0.833. The fourth-order valence-electron chi connectivity index (χ4n) is 0.427. The van der Waals surface area contributed by atoms with Crippen molar-refractivity contribution in [1.82, 2.24) is 0 Å². The Morgan fingerprint density at radius 1 is 1.29 bits per heavy atom. The maximum atomic E-state index is 3.72. The molecule has 0 N–H and O–H groups in total. The van der Waals surface area contributed by atoms with Crippen LogP contribution in [0.2, 0.25) is 0 Å². The maximum absolute atomic E-state index is 3.72. The summed E-state index contributed by atoms with van der Waals surface area (Å²) in [4.78, 5) is 0. The van der Waals surface area contributed by atoms with E-state index in [1.165, 1.54) is 19.3 Å². The van der Waals surface area contributed by atoms with Crippen molar-refractivity contribution in [3.63, 3.8) is 0 Å². The van der Waals surface area contributed by atoms with Gasteiger partial charge in [-0.1, -0.05) is 39.5 Å². The number of hydrogen-bond donors (Lipinski definition) is 0. The first-order valence-corrected chi connectivity index (χ1v) is 2.71. The van der Waals surface area contributed by atoms with E-state index in [2.05, 4.69) is 13.8 Å². The summed E-state index contributed by atoms with van der Waals surface area (Å²) < 4.78 is 0. The first kappa shape index (κ1) is 10.9. The predicted octanol–water partition coefficient (Wildman–Crippen LogP) is 1.75. The zero-order valence-electron chi connectivity index (χ0n) is 4.54. The molecule has 0 aliphatic heterocycles. The van der Waals surface area contributed by atoms with Crippen LogP contribution in [-0.4, -0.2) is 29.6 Å². The van der Waals surface area contributed by atoms with Gasteiger partial charge in [-0.3, -0.25) is 0 Å². The molecule has 0 saturated heterocycles. The molecule has 1 heteroatoms. The molecule has 0 rings (SSSR count). The van der Waals surface area contributed by atoms with E-state index >= 15 is 0 Å². The quantitative estimate of drug-likeness (QED) is 0.382. The molecule has 0 heterocycles. The van der Waals surface area contributed by atoms with Gasteiger partial charge in [0.25, 0.3) is 0 Å². The van der Waals surface area contributed by atoms with Crippen LogP contribution in [0.25, 0.3) is 0 Å². The first-order chi connectivity index (χ1) is 2.91. The second-order valence-corrected chi connectivity index (χ2v) is 1.56. The molecule has 0 unspecified atom stereocenters. The molecule has 1 radical (unpaired) electrons. The molecule has 0 spiro atoms. The van der Waals surface area contributed by atoms with Gasteiger partial charge in [-0.25, -0.2) is 0 Å². The van der Waals surface area contributed by atoms with E-state index in [-0.39, 0.29) is 29.6 Å². The van der Waals surface area contributed by atoms with Crippen molar-refractivity contribution in [2.75, 3.05) is 0 Å². The van der Waals surface area contributed by atoms with E-state index in [1.807, 2.05) is 0 Å². The monoisotopic (exact) mass is 109 g/mol. The molecule has 0 amide bonds. The number of hydrogen-bond acceptors (Lipinski definition) is 0. The van der Waals surface area contributed by atoms with Crippen molar-refractivity contribution in [3.05, 3.63) is 6.92 Å². The van der Waals surface area contributed by atoms with Gasteiger partial charge in [-0.15, -0.1) is 0 Å². The Kier molecular flexibility index (Phi) is 15.7. The van der Waals surface area contributed by atoms with Crippen molar-refractivity contribution < 1.29 is 0 Å². The average Bonchev–Trinajstić information content (AvgIpc) is 1.61.